The molecule has 3 heteroatoms. The van der Waals surface area contributed by atoms with E-state index in [2.05, 4.69) is 11.1 Å². The predicted octanol–water partition coefficient (Wildman–Crippen LogP) is 3.50. The van der Waals surface area contributed by atoms with E-state index in [0.29, 0.717) is 11.3 Å². The summed E-state index contributed by atoms with van der Waals surface area (Å²) in [5.74, 6) is 1.51. The Morgan fingerprint density at radius 3 is 2.53 bits per heavy atom. The third kappa shape index (κ3) is 2.38. The van der Waals surface area contributed by atoms with E-state index in [1.165, 1.54) is 11.8 Å². The van der Waals surface area contributed by atoms with Crippen molar-refractivity contribution in [3.05, 3.63) is 47.3 Å². The fraction of sp³-hybridized carbons (Fsp3) is 0.214. The first-order chi connectivity index (χ1) is 8.08. The number of pyridine rings is 1. The van der Waals surface area contributed by atoms with E-state index >= 15 is 0 Å². The molecule has 1 N–H and O–H groups in total. The minimum atomic E-state index is 0.146. The lowest BCUT2D eigenvalue weighted by Gasteiger charge is -2.11. The average molecular weight is 229 g/mol. The molecule has 2 rings (SSSR count). The molecule has 0 bridgehead atoms. The Balaban J connectivity index is 2.35. The molecule has 17 heavy (non-hydrogen) atoms. The molecule has 0 aliphatic heterocycles. The molecular formula is C14H15NO2. The number of ether oxygens (including phenoxy) is 1. The van der Waals surface area contributed by atoms with Crippen LogP contribution < -0.4 is 4.74 Å². The molecule has 0 fully saturated rings. The molecule has 0 aliphatic carbocycles. The van der Waals surface area contributed by atoms with Gasteiger partial charge in [-0.25, -0.2) is 0 Å². The van der Waals surface area contributed by atoms with E-state index in [1.807, 2.05) is 26.0 Å². The third-order valence-electron chi connectivity index (χ3n) is 2.69. The van der Waals surface area contributed by atoms with Crippen LogP contribution in [-0.2, 0) is 0 Å². The topological polar surface area (TPSA) is 42.4 Å². The van der Waals surface area contributed by atoms with E-state index < -0.39 is 0 Å². The van der Waals surface area contributed by atoms with Crippen LogP contribution in [-0.4, -0.2) is 10.1 Å². The molecule has 0 unspecified atom stereocenters. The highest BCUT2D eigenvalue weighted by Crippen LogP contribution is 2.30. The van der Waals surface area contributed by atoms with Crippen LogP contribution in [0.4, 0.5) is 0 Å². The summed E-state index contributed by atoms with van der Waals surface area (Å²) in [6.07, 6.45) is 3.01. The number of rotatable bonds is 2. The van der Waals surface area contributed by atoms with Crippen LogP contribution in [0.2, 0.25) is 0 Å². The van der Waals surface area contributed by atoms with Crippen molar-refractivity contribution in [2.75, 3.05) is 0 Å². The smallest absolute Gasteiger partial charge is 0.152 e. The second kappa shape index (κ2) is 4.45. The van der Waals surface area contributed by atoms with E-state index in [1.54, 1.807) is 13.1 Å². The van der Waals surface area contributed by atoms with Gasteiger partial charge in [-0.05, 0) is 32.4 Å². The predicted molar refractivity (Wildman–Crippen MR) is 66.6 cm³/mol. The van der Waals surface area contributed by atoms with Crippen LogP contribution in [0.5, 0.6) is 17.2 Å². The molecule has 0 spiro atoms. The molecule has 0 saturated carbocycles. The van der Waals surface area contributed by atoms with Crippen LogP contribution in [0.25, 0.3) is 0 Å². The standard InChI is InChI=1S/C14H15NO2/c1-9-4-5-13(10(2)6-9)17-14-8-15-7-12(16)11(14)3/h4-8,16H,1-3H3. The molecule has 88 valence electrons. The van der Waals surface area contributed by atoms with Gasteiger partial charge in [-0.15, -0.1) is 0 Å². The van der Waals surface area contributed by atoms with Gasteiger partial charge in [0.1, 0.15) is 11.5 Å². The Labute approximate surface area is 101 Å². The van der Waals surface area contributed by atoms with Crippen molar-refractivity contribution in [3.8, 4) is 17.2 Å². The van der Waals surface area contributed by atoms with Gasteiger partial charge in [0.05, 0.1) is 12.4 Å². The summed E-state index contributed by atoms with van der Waals surface area (Å²) in [6, 6.07) is 5.98. The first kappa shape index (κ1) is 11.5. The fourth-order valence-electron chi connectivity index (χ4n) is 1.63. The molecule has 1 heterocycles. The second-order valence-electron chi connectivity index (χ2n) is 4.15. The van der Waals surface area contributed by atoms with Gasteiger partial charge in [-0.1, -0.05) is 17.7 Å². The van der Waals surface area contributed by atoms with Crippen molar-refractivity contribution in [1.29, 1.82) is 0 Å². The highest BCUT2D eigenvalue weighted by Gasteiger charge is 2.07. The lowest BCUT2D eigenvalue weighted by Crippen LogP contribution is -1.92. The van der Waals surface area contributed by atoms with Crippen molar-refractivity contribution >= 4 is 0 Å². The molecule has 3 nitrogen and oxygen atoms in total. The number of aromatic hydroxyl groups is 1. The Morgan fingerprint density at radius 2 is 1.82 bits per heavy atom. The molecule has 0 radical (unpaired) electrons. The summed E-state index contributed by atoms with van der Waals surface area (Å²) in [5, 5.41) is 9.55. The molecule has 1 aromatic carbocycles. The third-order valence-corrected chi connectivity index (χ3v) is 2.69. The Bertz CT molecular complexity index is 550. The van der Waals surface area contributed by atoms with Crippen LogP contribution in [0.15, 0.2) is 30.6 Å². The normalized spacial score (nSPS) is 10.3. The van der Waals surface area contributed by atoms with Crippen LogP contribution >= 0.6 is 0 Å². The number of hydrogen-bond acceptors (Lipinski definition) is 3. The minimum Gasteiger partial charge on any atom is -0.506 e. The maximum absolute atomic E-state index is 9.55. The van der Waals surface area contributed by atoms with Gasteiger partial charge < -0.3 is 9.84 Å². The largest absolute Gasteiger partial charge is 0.506 e. The minimum absolute atomic E-state index is 0.146. The van der Waals surface area contributed by atoms with Gasteiger partial charge >= 0.3 is 0 Å². The summed E-state index contributed by atoms with van der Waals surface area (Å²) in [7, 11) is 0. The van der Waals surface area contributed by atoms with Crippen molar-refractivity contribution in [2.45, 2.75) is 20.8 Å². The summed E-state index contributed by atoms with van der Waals surface area (Å²) in [5.41, 5.74) is 2.95. The summed E-state index contributed by atoms with van der Waals surface area (Å²) in [6.45, 7) is 5.84. The highest BCUT2D eigenvalue weighted by molar-refractivity contribution is 5.44. The van der Waals surface area contributed by atoms with Gasteiger partial charge in [-0.3, -0.25) is 4.98 Å². The van der Waals surface area contributed by atoms with E-state index in [-0.39, 0.29) is 5.75 Å². The number of aryl methyl sites for hydroxylation is 2. The molecule has 2 aromatic rings. The molecular weight excluding hydrogens is 214 g/mol. The van der Waals surface area contributed by atoms with Crippen molar-refractivity contribution in [2.24, 2.45) is 0 Å². The van der Waals surface area contributed by atoms with Gasteiger partial charge in [0.2, 0.25) is 0 Å². The Hall–Kier alpha value is -2.03. The van der Waals surface area contributed by atoms with E-state index in [9.17, 15) is 5.11 Å². The van der Waals surface area contributed by atoms with Crippen LogP contribution in [0, 0.1) is 20.8 Å². The number of hydrogen-bond donors (Lipinski definition) is 1. The summed E-state index contributed by atoms with van der Waals surface area (Å²) < 4.78 is 5.75. The summed E-state index contributed by atoms with van der Waals surface area (Å²) in [4.78, 5) is 3.91. The molecule has 0 saturated heterocycles. The number of nitrogens with zero attached hydrogens (tertiary/aromatic N) is 1. The molecule has 0 aliphatic rings. The van der Waals surface area contributed by atoms with Gasteiger partial charge in [0.15, 0.2) is 5.75 Å². The molecule has 0 amide bonds. The van der Waals surface area contributed by atoms with E-state index in [0.717, 1.165) is 11.3 Å². The Kier molecular flexibility index (Phi) is 3.00. The lowest BCUT2D eigenvalue weighted by atomic mass is 10.1. The summed E-state index contributed by atoms with van der Waals surface area (Å²) >= 11 is 0. The number of aromatic nitrogens is 1. The zero-order valence-corrected chi connectivity index (χ0v) is 10.2. The SMILES string of the molecule is Cc1ccc(Oc2cncc(O)c2C)c(C)c1. The first-order valence-corrected chi connectivity index (χ1v) is 5.46. The monoisotopic (exact) mass is 229 g/mol. The molecule has 1 aromatic heterocycles. The highest BCUT2D eigenvalue weighted by atomic mass is 16.5. The second-order valence-corrected chi connectivity index (χ2v) is 4.15. The number of benzene rings is 1. The van der Waals surface area contributed by atoms with Crippen LogP contribution in [0.3, 0.4) is 0 Å². The zero-order valence-electron chi connectivity index (χ0n) is 10.2. The van der Waals surface area contributed by atoms with Gasteiger partial charge in [0.25, 0.3) is 0 Å². The van der Waals surface area contributed by atoms with Crippen molar-refractivity contribution in [3.63, 3.8) is 0 Å². The maximum atomic E-state index is 9.55. The van der Waals surface area contributed by atoms with E-state index in [4.69, 9.17) is 4.74 Å². The first-order valence-electron chi connectivity index (χ1n) is 5.46. The van der Waals surface area contributed by atoms with Crippen molar-refractivity contribution < 1.29 is 9.84 Å². The van der Waals surface area contributed by atoms with Crippen molar-refractivity contribution in [1.82, 2.24) is 4.98 Å². The Morgan fingerprint density at radius 1 is 1.06 bits per heavy atom. The van der Waals surface area contributed by atoms with Gasteiger partial charge in [-0.2, -0.15) is 0 Å². The average Bonchev–Trinajstić information content (AvgIpc) is 2.28. The molecule has 0 atom stereocenters. The quantitative estimate of drug-likeness (QED) is 0.856. The zero-order chi connectivity index (χ0) is 12.4. The maximum Gasteiger partial charge on any atom is 0.152 e. The lowest BCUT2D eigenvalue weighted by molar-refractivity contribution is 0.442. The fourth-order valence-corrected chi connectivity index (χ4v) is 1.63. The van der Waals surface area contributed by atoms with Gasteiger partial charge in [0, 0.05) is 5.56 Å². The van der Waals surface area contributed by atoms with Crippen LogP contribution in [0.1, 0.15) is 16.7 Å².